The average molecular weight is 464 g/mol. The molecule has 0 amide bonds. The third-order valence-electron chi connectivity index (χ3n) is 7.83. The predicted octanol–water partition coefficient (Wildman–Crippen LogP) is 3.83. The number of halogens is 3. The average Bonchev–Trinajstić information content (AvgIpc) is 3.03. The van der Waals surface area contributed by atoms with Crippen LogP contribution in [-0.2, 0) is 4.74 Å². The van der Waals surface area contributed by atoms with Crippen molar-refractivity contribution in [3.05, 3.63) is 24.0 Å². The normalized spacial score (nSPS) is 30.2. The fourth-order valence-corrected chi connectivity index (χ4v) is 6.21. The lowest BCUT2D eigenvalue weighted by Gasteiger charge is -2.57. The largest absolute Gasteiger partial charge is 0.573 e. The van der Waals surface area contributed by atoms with Gasteiger partial charge < -0.3 is 15.2 Å². The number of alkyl halides is 3. The van der Waals surface area contributed by atoms with Gasteiger partial charge in [0.05, 0.1) is 18.9 Å². The molecule has 2 unspecified atom stereocenters. The number of likely N-dealkylation sites (tertiary alicyclic amines) is 1. The van der Waals surface area contributed by atoms with Gasteiger partial charge in [-0.3, -0.25) is 9.58 Å². The minimum absolute atomic E-state index is 0.146. The van der Waals surface area contributed by atoms with Crippen LogP contribution < -0.4 is 10.5 Å². The Labute approximate surface area is 190 Å². The van der Waals surface area contributed by atoms with Crippen LogP contribution in [0.3, 0.4) is 0 Å². The van der Waals surface area contributed by atoms with Crippen LogP contribution in [0.1, 0.15) is 44.3 Å². The molecule has 2 saturated carbocycles. The zero-order chi connectivity index (χ0) is 23.1. The summed E-state index contributed by atoms with van der Waals surface area (Å²) in [6.45, 7) is 8.31. The van der Waals surface area contributed by atoms with Gasteiger partial charge in [-0.25, -0.2) is 4.98 Å². The zero-order valence-corrected chi connectivity index (χ0v) is 18.7. The smallest absolute Gasteiger partial charge is 0.402 e. The van der Waals surface area contributed by atoms with Gasteiger partial charge in [0.1, 0.15) is 0 Å². The fraction of sp³-hybridized carbons (Fsp3) is 0.652. The number of aromatic nitrogens is 3. The minimum Gasteiger partial charge on any atom is -0.402 e. The Morgan fingerprint density at radius 2 is 1.88 bits per heavy atom. The highest BCUT2D eigenvalue weighted by atomic mass is 19.4. The maximum Gasteiger partial charge on any atom is 0.573 e. The van der Waals surface area contributed by atoms with Gasteiger partial charge in [-0.05, 0) is 50.7 Å². The van der Waals surface area contributed by atoms with Crippen molar-refractivity contribution < 1.29 is 22.6 Å². The van der Waals surface area contributed by atoms with Gasteiger partial charge in [0.25, 0.3) is 0 Å². The summed E-state index contributed by atoms with van der Waals surface area (Å²) < 4.78 is 49.6. The lowest BCUT2D eigenvalue weighted by molar-refractivity contribution is -0.274. The van der Waals surface area contributed by atoms with E-state index < -0.39 is 12.1 Å². The Hall–Kier alpha value is -2.33. The number of rotatable bonds is 5. The number of ether oxygens (including phenoxy) is 2. The molecule has 4 atom stereocenters. The van der Waals surface area contributed by atoms with E-state index in [1.54, 1.807) is 0 Å². The molecule has 10 heteroatoms. The van der Waals surface area contributed by atoms with Crippen LogP contribution >= 0.6 is 0 Å². The third kappa shape index (κ3) is 3.58. The maximum absolute atomic E-state index is 12.7. The van der Waals surface area contributed by atoms with Gasteiger partial charge in [-0.15, -0.1) is 13.2 Å². The fourth-order valence-electron chi connectivity index (χ4n) is 6.21. The SMILES string of the molecule is CC(C)n1nc(-c2cnc(N)c(OC(F)(F)F)c2)cc1C1[C@H]2CC(N3CC4(COC4)C3)C[C@@H]12. The number of hydrogen-bond acceptors (Lipinski definition) is 6. The Morgan fingerprint density at radius 1 is 1.18 bits per heavy atom. The summed E-state index contributed by atoms with van der Waals surface area (Å²) in [5.41, 5.74) is 8.25. The van der Waals surface area contributed by atoms with Crippen molar-refractivity contribution in [2.45, 2.75) is 51.1 Å². The summed E-state index contributed by atoms with van der Waals surface area (Å²) in [5, 5.41) is 4.73. The van der Waals surface area contributed by atoms with E-state index in [1.165, 1.54) is 38.2 Å². The topological polar surface area (TPSA) is 78.4 Å². The van der Waals surface area contributed by atoms with Gasteiger partial charge in [0.15, 0.2) is 11.6 Å². The molecule has 1 spiro atoms. The first-order valence-corrected chi connectivity index (χ1v) is 11.6. The van der Waals surface area contributed by atoms with E-state index >= 15 is 0 Å². The van der Waals surface area contributed by atoms with E-state index in [4.69, 9.17) is 15.6 Å². The van der Waals surface area contributed by atoms with Crippen LogP contribution in [-0.4, -0.2) is 58.4 Å². The van der Waals surface area contributed by atoms with Crippen molar-refractivity contribution in [1.82, 2.24) is 19.7 Å². The number of pyridine rings is 1. The number of nitrogens with two attached hydrogens (primary N) is 1. The van der Waals surface area contributed by atoms with Crippen molar-refractivity contribution in [3.63, 3.8) is 0 Å². The molecule has 2 aromatic heterocycles. The lowest BCUT2D eigenvalue weighted by atomic mass is 9.76. The second-order valence-corrected chi connectivity index (χ2v) is 10.5. The van der Waals surface area contributed by atoms with Crippen LogP contribution in [0.25, 0.3) is 11.3 Å². The Morgan fingerprint density at radius 3 is 2.45 bits per heavy atom. The third-order valence-corrected chi connectivity index (χ3v) is 7.83. The van der Waals surface area contributed by atoms with E-state index in [-0.39, 0.29) is 11.9 Å². The van der Waals surface area contributed by atoms with Crippen LogP contribution in [0, 0.1) is 17.3 Å². The summed E-state index contributed by atoms with van der Waals surface area (Å²) >= 11 is 0. The standard InChI is InChI=1S/C23H28F3N5O2/c1-12(2)31-18(6-17(29-31)13-3-19(21(27)28-7-13)33-23(24,25)26)20-15-4-14(5-16(15)20)30-8-22(9-30)10-32-11-22/h3,6-7,12,14-16,20H,4-5,8-11H2,1-2H3,(H2,27,28)/t14?,15-,16+,20?. The number of hydrogen-bond donors (Lipinski definition) is 1. The highest BCUT2D eigenvalue weighted by Gasteiger charge is 2.61. The molecule has 0 radical (unpaired) electrons. The second-order valence-electron chi connectivity index (χ2n) is 10.5. The molecule has 2 N–H and O–H groups in total. The number of anilines is 1. The van der Waals surface area contributed by atoms with E-state index in [9.17, 15) is 13.2 Å². The van der Waals surface area contributed by atoms with E-state index in [1.807, 2.05) is 10.7 Å². The zero-order valence-electron chi connectivity index (χ0n) is 18.7. The Bertz CT molecular complexity index is 1060. The molecule has 4 aliphatic rings. The summed E-state index contributed by atoms with van der Waals surface area (Å²) in [6.07, 6.45) is -0.973. The molecule has 178 valence electrons. The summed E-state index contributed by atoms with van der Waals surface area (Å²) in [6, 6.07) is 4.08. The quantitative estimate of drug-likeness (QED) is 0.726. The molecular weight excluding hydrogens is 435 g/mol. The first-order chi connectivity index (χ1) is 15.6. The molecule has 33 heavy (non-hydrogen) atoms. The highest BCUT2D eigenvalue weighted by molar-refractivity contribution is 5.64. The summed E-state index contributed by atoms with van der Waals surface area (Å²) in [5.74, 6) is 0.958. The van der Waals surface area contributed by atoms with Gasteiger partial charge in [-0.1, -0.05) is 0 Å². The molecule has 2 aliphatic heterocycles. The molecule has 6 rings (SSSR count). The van der Waals surface area contributed by atoms with Gasteiger partial charge in [-0.2, -0.15) is 5.10 Å². The molecule has 2 aliphatic carbocycles. The first-order valence-electron chi connectivity index (χ1n) is 11.6. The van der Waals surface area contributed by atoms with Gasteiger partial charge >= 0.3 is 6.36 Å². The number of fused-ring (bicyclic) bond motifs is 1. The summed E-state index contributed by atoms with van der Waals surface area (Å²) in [7, 11) is 0. The van der Waals surface area contributed by atoms with Gasteiger partial charge in [0.2, 0.25) is 0 Å². The molecule has 4 heterocycles. The molecule has 7 nitrogen and oxygen atoms in total. The monoisotopic (exact) mass is 463 g/mol. The Balaban J connectivity index is 1.19. The van der Waals surface area contributed by atoms with Crippen LogP contribution in [0.5, 0.6) is 5.75 Å². The van der Waals surface area contributed by atoms with Crippen LogP contribution in [0.4, 0.5) is 19.0 Å². The minimum atomic E-state index is -4.83. The molecule has 2 aromatic rings. The molecule has 0 aromatic carbocycles. The maximum atomic E-state index is 12.7. The van der Waals surface area contributed by atoms with Gasteiger partial charge in [0, 0.05) is 54.0 Å². The Kier molecular flexibility index (Phi) is 4.56. The van der Waals surface area contributed by atoms with Crippen molar-refractivity contribution in [1.29, 1.82) is 0 Å². The van der Waals surface area contributed by atoms with E-state index in [0.29, 0.717) is 40.5 Å². The van der Waals surface area contributed by atoms with Crippen molar-refractivity contribution in [2.75, 3.05) is 32.0 Å². The molecular formula is C23H28F3N5O2. The predicted molar refractivity (Wildman–Crippen MR) is 115 cm³/mol. The van der Waals surface area contributed by atoms with Crippen molar-refractivity contribution in [3.8, 4) is 17.0 Å². The summed E-state index contributed by atoms with van der Waals surface area (Å²) in [4.78, 5) is 6.52. The number of nitrogen functional groups attached to an aromatic ring is 1. The van der Waals surface area contributed by atoms with Crippen molar-refractivity contribution >= 4 is 5.82 Å². The van der Waals surface area contributed by atoms with Crippen molar-refractivity contribution in [2.24, 2.45) is 17.3 Å². The highest BCUT2D eigenvalue weighted by Crippen LogP contribution is 2.65. The molecule has 4 fully saturated rings. The second kappa shape index (κ2) is 7.09. The first kappa shape index (κ1) is 21.2. The van der Waals surface area contributed by atoms with Crippen LogP contribution in [0.2, 0.25) is 0 Å². The number of nitrogens with zero attached hydrogens (tertiary/aromatic N) is 4. The molecule has 0 bridgehead atoms. The van der Waals surface area contributed by atoms with E-state index in [2.05, 4.69) is 28.5 Å². The molecule has 2 saturated heterocycles. The van der Waals surface area contributed by atoms with Crippen LogP contribution in [0.15, 0.2) is 18.3 Å². The lowest BCUT2D eigenvalue weighted by Crippen LogP contribution is -2.67. The van der Waals surface area contributed by atoms with E-state index in [0.717, 1.165) is 18.9 Å².